The molecule has 18 rings (SSSR count). The molecule has 8 aromatic carbocycles. The fraction of sp³-hybridized carbons (Fsp3) is 0.140. The second-order valence-electron chi connectivity index (χ2n) is 31.4. The van der Waals surface area contributed by atoms with Crippen molar-refractivity contribution in [3.63, 3.8) is 0 Å². The summed E-state index contributed by atoms with van der Waals surface area (Å²) in [6.45, 7) is 22.6. The van der Waals surface area contributed by atoms with Crippen molar-refractivity contribution in [1.82, 2.24) is 39.9 Å². The highest BCUT2D eigenvalue weighted by molar-refractivity contribution is 9.10. The van der Waals surface area contributed by atoms with Crippen molar-refractivity contribution in [2.75, 3.05) is 6.61 Å². The molecule has 0 saturated heterocycles. The Morgan fingerprint density at radius 3 is 0.846 bits per heavy atom. The number of aryl methyl sites for hydroxylation is 9. The highest BCUT2D eigenvalue weighted by atomic mass is 79.9. The van der Waals surface area contributed by atoms with Crippen molar-refractivity contribution in [2.24, 2.45) is 0 Å². The minimum Gasteiger partial charge on any atom is -0.494 e. The highest BCUT2D eigenvalue weighted by Crippen LogP contribution is 2.45. The molecular weight excluding hydrogens is 1490 g/mol. The lowest BCUT2D eigenvalue weighted by Crippen LogP contribution is -1.97. The quantitative estimate of drug-likeness (QED) is 0.0638. The van der Waals surface area contributed by atoms with Gasteiger partial charge in [-0.05, 0) is 304 Å². The van der Waals surface area contributed by atoms with Crippen LogP contribution in [0.4, 0.5) is 0 Å². The Kier molecular flexibility index (Phi) is 19.7. The molecule has 0 amide bonds. The van der Waals surface area contributed by atoms with Gasteiger partial charge in [0.15, 0.2) is 0 Å². The number of nitrogens with zero attached hydrogens (tertiary/aromatic N) is 4. The Labute approximate surface area is 693 Å². The summed E-state index contributed by atoms with van der Waals surface area (Å²) in [6, 6.07) is 73.3. The number of rotatable bonds is 14. The van der Waals surface area contributed by atoms with Crippen molar-refractivity contribution in [3.8, 4) is 119 Å². The number of fused-ring (bicyclic) bond motifs is 16. The first-order valence-corrected chi connectivity index (χ1v) is 41.1. The number of halogens is 1. The monoisotopic (exact) mass is 1580 g/mol. The predicted molar refractivity (Wildman–Crippen MR) is 495 cm³/mol. The number of hydrogen-bond donors (Lipinski definition) is 4. The lowest BCUT2D eigenvalue weighted by Gasteiger charge is -2.13. The van der Waals surface area contributed by atoms with Gasteiger partial charge in [-0.15, -0.1) is 6.40 Å². The number of aromatic amines is 4. The average molecular weight is 1580 g/mol. The summed E-state index contributed by atoms with van der Waals surface area (Å²) in [4.78, 5) is 38.5. The first-order valence-electron chi connectivity index (χ1n) is 40.8. The average Bonchev–Trinajstić information content (AvgIpc) is 1.61. The van der Waals surface area contributed by atoms with Gasteiger partial charge in [0, 0.05) is 110 Å². The molecule has 4 N–H and O–H groups in total. The molecule has 16 bridgehead atoms. The topological polar surface area (TPSA) is 124 Å². The largest absolute Gasteiger partial charge is 0.494 e. The fourth-order valence-electron chi connectivity index (χ4n) is 17.8. The molecule has 0 saturated carbocycles. The van der Waals surface area contributed by atoms with Crippen LogP contribution in [0.25, 0.3) is 182 Å². The van der Waals surface area contributed by atoms with Crippen LogP contribution in [0.3, 0.4) is 0 Å². The van der Waals surface area contributed by atoms with Crippen LogP contribution in [0.1, 0.15) is 146 Å². The SMILES string of the molecule is [3H]C#Cc1ccc(-c2c3nc(c(-c4c(C)cc(C)cc4C)c4ccc([nH]4)c(-c4ccc(C#Cc5ccc(-c6c7nc(c(-c8c(C)cc(C)cc8C)c8ccc([nH]8)c(-c8ccc(Br)cc8)c8nc(c(-c9c(C)cc(C)cc9C)c9ccc6[nH]9)C=C8)C=C7)cc5)cc4)c4nc(c(-c5ccc(OCCCCCC)cc5)c5ccc2[nH]5)C=C4)C=C3)cc1. The van der Waals surface area contributed by atoms with Crippen molar-refractivity contribution in [1.29, 1.82) is 0 Å². The van der Waals surface area contributed by atoms with Crippen LogP contribution in [0.2, 0.25) is 0 Å². The first kappa shape index (κ1) is 73.5. The van der Waals surface area contributed by atoms with E-state index in [1.54, 1.807) is 0 Å². The van der Waals surface area contributed by atoms with Crippen LogP contribution >= 0.6 is 15.9 Å². The number of H-pyrrole nitrogens is 4. The summed E-state index contributed by atoms with van der Waals surface area (Å²) < 4.78 is 15.0. The molecule has 0 atom stereocenters. The van der Waals surface area contributed by atoms with Crippen molar-refractivity contribution < 1.29 is 6.11 Å². The van der Waals surface area contributed by atoms with Crippen LogP contribution < -0.4 is 4.74 Å². The van der Waals surface area contributed by atoms with Crippen LogP contribution in [-0.2, 0) is 0 Å². The Morgan fingerprint density at radius 2 is 0.564 bits per heavy atom. The molecule has 0 spiro atoms. The van der Waals surface area contributed by atoms with Crippen molar-refractivity contribution in [2.45, 2.75) is 94.9 Å². The van der Waals surface area contributed by atoms with Gasteiger partial charge < -0.3 is 24.7 Å². The smallest absolute Gasteiger partial charge is 0.124 e. The van der Waals surface area contributed by atoms with Gasteiger partial charge in [-0.1, -0.05) is 174 Å². The van der Waals surface area contributed by atoms with E-state index in [1.165, 1.54) is 51.8 Å². The zero-order chi connectivity index (χ0) is 81.0. The second-order valence-corrected chi connectivity index (χ2v) is 32.3. The number of terminal acetylenes is 1. The molecule has 4 aliphatic heterocycles. The van der Waals surface area contributed by atoms with E-state index in [-0.39, 0.29) is 0 Å². The van der Waals surface area contributed by atoms with E-state index >= 15 is 0 Å². The summed E-state index contributed by atoms with van der Waals surface area (Å²) in [7, 11) is 0. The molecule has 4 aliphatic rings. The molecule has 0 unspecified atom stereocenters. The van der Waals surface area contributed by atoms with Gasteiger partial charge in [-0.3, -0.25) is 0 Å². The number of nitrogens with one attached hydrogen (secondary N) is 4. The zero-order valence-corrected chi connectivity index (χ0v) is 68.9. The molecule has 568 valence electrons. The van der Waals surface area contributed by atoms with Crippen LogP contribution in [0, 0.1) is 86.5 Å². The summed E-state index contributed by atoms with van der Waals surface area (Å²) in [5, 5.41) is 0. The number of unbranched alkanes of at least 4 members (excludes halogenated alkanes) is 3. The van der Waals surface area contributed by atoms with E-state index < -0.39 is 0 Å². The Morgan fingerprint density at radius 1 is 0.308 bits per heavy atom. The van der Waals surface area contributed by atoms with Gasteiger partial charge in [-0.2, -0.15) is 0 Å². The predicted octanol–water partition coefficient (Wildman–Crippen LogP) is 27.8. The maximum Gasteiger partial charge on any atom is 0.124 e. The van der Waals surface area contributed by atoms with Gasteiger partial charge in [-0.25, -0.2) is 19.9 Å². The summed E-state index contributed by atoms with van der Waals surface area (Å²) >= 11 is 3.72. The third-order valence-corrected chi connectivity index (χ3v) is 23.4. The second kappa shape index (κ2) is 31.3. The van der Waals surface area contributed by atoms with Gasteiger partial charge in [0.05, 0.1) is 52.2 Å². The van der Waals surface area contributed by atoms with Gasteiger partial charge >= 0.3 is 0 Å². The number of ether oxygens (including phenoxy) is 1. The first-order chi connectivity index (χ1) is 57.4. The van der Waals surface area contributed by atoms with Crippen molar-refractivity contribution in [3.05, 3.63) is 323 Å². The summed E-state index contributed by atoms with van der Waals surface area (Å²) in [5.41, 5.74) is 43.4. The molecular formula is C107H87BrN8O. The van der Waals surface area contributed by atoms with Crippen LogP contribution in [-0.4, -0.2) is 46.5 Å². The van der Waals surface area contributed by atoms with E-state index in [2.05, 4.69) is 372 Å². The fourth-order valence-corrected chi connectivity index (χ4v) is 18.1. The Hall–Kier alpha value is -13.6. The van der Waals surface area contributed by atoms with Crippen LogP contribution in [0.15, 0.2) is 211 Å². The Bertz CT molecular complexity index is 6970. The number of benzene rings is 8. The van der Waals surface area contributed by atoms with E-state index in [0.717, 1.165) is 230 Å². The number of aromatic nitrogens is 8. The molecule has 10 heterocycles. The molecule has 117 heavy (non-hydrogen) atoms. The molecule has 6 aromatic heterocycles. The zero-order valence-electron chi connectivity index (χ0n) is 68.4. The maximum absolute atomic E-state index is 7.65. The lowest BCUT2D eigenvalue weighted by molar-refractivity contribution is 0.305. The third kappa shape index (κ3) is 14.5. The summed E-state index contributed by atoms with van der Waals surface area (Å²) in [6.07, 6.45) is 24.1. The summed E-state index contributed by atoms with van der Waals surface area (Å²) in [5.74, 6) is 10.9. The molecule has 0 fully saturated rings. The molecule has 0 aliphatic carbocycles. The molecule has 10 heteroatoms. The van der Waals surface area contributed by atoms with Gasteiger partial charge in [0.2, 0.25) is 0 Å². The minimum atomic E-state index is 0.668. The molecule has 9 nitrogen and oxygen atoms in total. The van der Waals surface area contributed by atoms with Crippen LogP contribution in [0.5, 0.6) is 5.75 Å². The van der Waals surface area contributed by atoms with Gasteiger partial charge in [0.1, 0.15) is 7.12 Å². The standard InChI is InChI=1S/C107H87BrN8O/c1-12-14-15-16-55-117-80-37-33-78(34-38-80)104-83-41-39-81(109-83)100(74-25-19-71(13-2)20-26-74)85-43-49-91(111-85)105(97-65(6)56-62(3)57-66(97)7)92-50-44-86(112-92)101(82-40-42-84(104)110-82)75-27-21-72(22-28-75)17-18-73-23-29-76(30-24-73)102-87-45-51-93(113-87)106(98-67(8)58-63(4)59-68(98)9)95-53-47-89(115-95)103(77-31-35-79(108)36-32-77)90-48-54-96(116-90)107(94-52-46-88(102)114-94)99-69(10)60-64(5)61-70(99)11/h2,19-54,56-61,109,112-113,116H,12,14-16,55H2,1,3-11H3/i2T. The minimum absolute atomic E-state index is 0.668. The van der Waals surface area contributed by atoms with E-state index in [0.29, 0.717) is 6.61 Å². The van der Waals surface area contributed by atoms with Crippen molar-refractivity contribution >= 4 is 109 Å². The Balaban J connectivity index is 0.781. The normalized spacial score (nSPS) is 12.1. The lowest BCUT2D eigenvalue weighted by atomic mass is 9.92. The van der Waals surface area contributed by atoms with Gasteiger partial charge in [0.25, 0.3) is 0 Å². The third-order valence-electron chi connectivity index (χ3n) is 22.8. The van der Waals surface area contributed by atoms with E-state index in [4.69, 9.17) is 26.0 Å². The number of hydrogen-bond acceptors (Lipinski definition) is 5. The van der Waals surface area contributed by atoms with E-state index in [9.17, 15) is 0 Å². The highest BCUT2D eigenvalue weighted by Gasteiger charge is 2.25. The molecule has 0 radical (unpaired) electrons. The van der Waals surface area contributed by atoms with E-state index in [1.807, 2.05) is 12.1 Å². The maximum atomic E-state index is 7.65. The molecule has 14 aromatic rings.